The van der Waals surface area contributed by atoms with Crippen molar-refractivity contribution in [2.45, 2.75) is 40.2 Å². The van der Waals surface area contributed by atoms with Crippen molar-refractivity contribution < 1.29 is 14.3 Å². The fraction of sp³-hybridized carbons (Fsp3) is 0.429. The Kier molecular flexibility index (Phi) is 5.08. The van der Waals surface area contributed by atoms with Gasteiger partial charge in [-0.15, -0.1) is 5.10 Å². The molecule has 2 aromatic heterocycles. The van der Waals surface area contributed by atoms with Gasteiger partial charge in [-0.25, -0.2) is 9.50 Å². The zero-order valence-electron chi connectivity index (χ0n) is 17.1. The predicted molar refractivity (Wildman–Crippen MR) is 107 cm³/mol. The van der Waals surface area contributed by atoms with Gasteiger partial charge >= 0.3 is 0 Å². The monoisotopic (exact) mass is 395 g/mol. The third-order valence-electron chi connectivity index (χ3n) is 4.89. The van der Waals surface area contributed by atoms with Crippen molar-refractivity contribution in [2.24, 2.45) is 5.92 Å². The Labute approximate surface area is 169 Å². The zero-order valence-corrected chi connectivity index (χ0v) is 17.1. The number of hydrogen-bond acceptors (Lipinski definition) is 6. The number of ether oxygens (including phenoxy) is 2. The number of carbonyl (C=O) groups is 1. The highest BCUT2D eigenvalue weighted by Gasteiger charge is 2.22. The molecule has 0 bridgehead atoms. The molecule has 4 rings (SSSR count). The van der Waals surface area contributed by atoms with Gasteiger partial charge in [0.25, 0.3) is 5.78 Å². The Hall–Kier alpha value is -3.16. The number of hydrogen-bond donors (Lipinski definition) is 1. The molecule has 1 aliphatic rings. The van der Waals surface area contributed by atoms with Crippen molar-refractivity contribution in [3.63, 3.8) is 0 Å². The van der Waals surface area contributed by atoms with Crippen LogP contribution in [0.3, 0.4) is 0 Å². The Balaban J connectivity index is 1.51. The van der Waals surface area contributed by atoms with E-state index >= 15 is 0 Å². The molecule has 1 aliphatic heterocycles. The van der Waals surface area contributed by atoms with Crippen LogP contribution in [0.25, 0.3) is 5.78 Å². The number of benzene rings is 1. The van der Waals surface area contributed by atoms with Crippen LogP contribution >= 0.6 is 0 Å². The van der Waals surface area contributed by atoms with E-state index in [9.17, 15) is 4.79 Å². The summed E-state index contributed by atoms with van der Waals surface area (Å²) >= 11 is 0. The lowest BCUT2D eigenvalue weighted by Gasteiger charge is -2.25. The molecule has 1 amide bonds. The highest BCUT2D eigenvalue weighted by atomic mass is 16.6. The molecule has 8 heteroatoms. The number of nitrogens with zero attached hydrogens (tertiary/aromatic N) is 4. The summed E-state index contributed by atoms with van der Waals surface area (Å²) in [4.78, 5) is 21.5. The van der Waals surface area contributed by atoms with Gasteiger partial charge in [-0.1, -0.05) is 19.9 Å². The first-order valence-corrected chi connectivity index (χ1v) is 9.79. The molecule has 8 nitrogen and oxygen atoms in total. The van der Waals surface area contributed by atoms with E-state index in [0.29, 0.717) is 30.6 Å². The molecule has 0 saturated carbocycles. The van der Waals surface area contributed by atoms with E-state index in [2.05, 4.69) is 34.2 Å². The molecule has 0 spiro atoms. The van der Waals surface area contributed by atoms with Crippen molar-refractivity contribution in [1.29, 1.82) is 0 Å². The number of fused-ring (bicyclic) bond motifs is 2. The molecular formula is C21H25N5O3. The van der Waals surface area contributed by atoms with Crippen LogP contribution in [0.4, 0.5) is 0 Å². The normalized spacial score (nSPS) is 14.2. The van der Waals surface area contributed by atoms with E-state index in [1.165, 1.54) is 0 Å². The van der Waals surface area contributed by atoms with E-state index < -0.39 is 0 Å². The van der Waals surface area contributed by atoms with Crippen LogP contribution in [0.15, 0.2) is 24.3 Å². The van der Waals surface area contributed by atoms with Gasteiger partial charge in [0.05, 0.1) is 12.5 Å². The minimum absolute atomic E-state index is 0.0929. The second-order valence-electron chi connectivity index (χ2n) is 7.65. The second kappa shape index (κ2) is 7.69. The number of nitrogens with one attached hydrogen (secondary N) is 1. The largest absolute Gasteiger partial charge is 0.486 e. The molecule has 0 aliphatic carbocycles. The molecule has 29 heavy (non-hydrogen) atoms. The van der Waals surface area contributed by atoms with Crippen LogP contribution in [-0.4, -0.2) is 38.7 Å². The van der Waals surface area contributed by atoms with Gasteiger partial charge < -0.3 is 14.8 Å². The van der Waals surface area contributed by atoms with E-state index in [1.54, 1.807) is 4.52 Å². The van der Waals surface area contributed by atoms with Gasteiger partial charge in [0.1, 0.15) is 13.2 Å². The molecule has 1 atom stereocenters. The minimum atomic E-state index is -0.155. The third-order valence-corrected chi connectivity index (χ3v) is 4.89. The first-order chi connectivity index (χ1) is 13.9. The van der Waals surface area contributed by atoms with Crippen molar-refractivity contribution in [1.82, 2.24) is 24.9 Å². The smallest absolute Gasteiger partial charge is 0.252 e. The van der Waals surface area contributed by atoms with Crippen LogP contribution < -0.4 is 14.8 Å². The number of amides is 1. The topological polar surface area (TPSA) is 90.6 Å². The van der Waals surface area contributed by atoms with Crippen molar-refractivity contribution in [2.75, 3.05) is 13.2 Å². The number of aromatic nitrogens is 4. The van der Waals surface area contributed by atoms with Gasteiger partial charge in [0, 0.05) is 11.4 Å². The van der Waals surface area contributed by atoms with Gasteiger partial charge in [0.15, 0.2) is 17.3 Å². The number of aryl methyl sites for hydroxylation is 2. The van der Waals surface area contributed by atoms with E-state index in [-0.39, 0.29) is 24.3 Å². The second-order valence-corrected chi connectivity index (χ2v) is 7.65. The molecule has 1 N–H and O–H groups in total. The van der Waals surface area contributed by atoms with Crippen molar-refractivity contribution in [3.05, 3.63) is 47.0 Å². The number of rotatable bonds is 5. The first kappa shape index (κ1) is 19.2. The lowest BCUT2D eigenvalue weighted by molar-refractivity contribution is -0.121. The van der Waals surface area contributed by atoms with Gasteiger partial charge in [0.2, 0.25) is 5.91 Å². The summed E-state index contributed by atoms with van der Waals surface area (Å²) in [6.07, 6.45) is 0.0929. The minimum Gasteiger partial charge on any atom is -0.486 e. The van der Waals surface area contributed by atoms with E-state index in [0.717, 1.165) is 22.7 Å². The zero-order chi connectivity index (χ0) is 20.5. The van der Waals surface area contributed by atoms with Crippen LogP contribution in [0.1, 0.15) is 42.7 Å². The summed E-state index contributed by atoms with van der Waals surface area (Å²) in [5, 5.41) is 7.53. The maximum atomic E-state index is 12.7. The summed E-state index contributed by atoms with van der Waals surface area (Å²) in [5.41, 5.74) is 2.79. The lowest BCUT2D eigenvalue weighted by Crippen LogP contribution is -2.33. The van der Waals surface area contributed by atoms with Gasteiger partial charge in [-0.05, 0) is 43.5 Å². The fourth-order valence-corrected chi connectivity index (χ4v) is 3.54. The Morgan fingerprint density at radius 1 is 1.14 bits per heavy atom. The van der Waals surface area contributed by atoms with Crippen molar-refractivity contribution >= 4 is 11.7 Å². The average molecular weight is 395 g/mol. The third kappa shape index (κ3) is 4.01. The standard InChI is InChI=1S/C21H25N5O3/c1-12(2)20(15-5-6-16-17(10-15)29-8-7-28-16)24-19(27)11-18-23-21-22-13(3)9-14(4)26(21)25-18/h5-6,9-10,12,20H,7-8,11H2,1-4H3,(H,24,27)/t20-/m1/s1. The Morgan fingerprint density at radius 2 is 1.90 bits per heavy atom. The van der Waals surface area contributed by atoms with Crippen LogP contribution in [-0.2, 0) is 11.2 Å². The summed E-state index contributed by atoms with van der Waals surface area (Å²) in [5.74, 6) is 2.48. The summed E-state index contributed by atoms with van der Waals surface area (Å²) in [7, 11) is 0. The SMILES string of the molecule is Cc1cc(C)n2nc(CC(=O)N[C@@H](c3ccc4c(c3)OCCO4)C(C)C)nc2n1. The summed E-state index contributed by atoms with van der Waals surface area (Å²) in [6.45, 7) is 9.08. The number of carbonyl (C=O) groups excluding carboxylic acids is 1. The highest BCUT2D eigenvalue weighted by Crippen LogP contribution is 2.34. The van der Waals surface area contributed by atoms with Crippen LogP contribution in [0.5, 0.6) is 11.5 Å². The maximum absolute atomic E-state index is 12.7. The maximum Gasteiger partial charge on any atom is 0.252 e. The van der Waals surface area contributed by atoms with Gasteiger partial charge in [-0.3, -0.25) is 4.79 Å². The molecule has 3 aromatic rings. The molecule has 0 unspecified atom stereocenters. The Bertz CT molecular complexity index is 1060. The molecule has 0 fully saturated rings. The van der Waals surface area contributed by atoms with Crippen molar-refractivity contribution in [3.8, 4) is 11.5 Å². The molecule has 1 aromatic carbocycles. The van der Waals surface area contributed by atoms with E-state index in [1.807, 2.05) is 38.1 Å². The molecule has 0 radical (unpaired) electrons. The lowest BCUT2D eigenvalue weighted by atomic mass is 9.95. The van der Waals surface area contributed by atoms with Gasteiger partial charge in [-0.2, -0.15) is 4.98 Å². The quantitative estimate of drug-likeness (QED) is 0.714. The molecule has 0 saturated heterocycles. The fourth-order valence-electron chi connectivity index (χ4n) is 3.54. The molecule has 3 heterocycles. The highest BCUT2D eigenvalue weighted by molar-refractivity contribution is 5.78. The summed E-state index contributed by atoms with van der Waals surface area (Å²) in [6, 6.07) is 7.59. The van der Waals surface area contributed by atoms with Crippen LogP contribution in [0.2, 0.25) is 0 Å². The molecular weight excluding hydrogens is 370 g/mol. The average Bonchev–Trinajstić information content (AvgIpc) is 3.08. The molecule has 152 valence electrons. The predicted octanol–water partition coefficient (Wildman–Crippen LogP) is 2.57. The Morgan fingerprint density at radius 3 is 2.66 bits per heavy atom. The van der Waals surface area contributed by atoms with Crippen LogP contribution in [0, 0.1) is 19.8 Å². The van der Waals surface area contributed by atoms with E-state index in [4.69, 9.17) is 9.47 Å². The first-order valence-electron chi connectivity index (χ1n) is 9.79. The summed E-state index contributed by atoms with van der Waals surface area (Å²) < 4.78 is 12.9.